The molecule has 5 rings (SSSR count). The summed E-state index contributed by atoms with van der Waals surface area (Å²) in [4.78, 5) is 21.4. The number of hydrogen-bond acceptors (Lipinski definition) is 5. The Labute approximate surface area is 205 Å². The van der Waals surface area contributed by atoms with Crippen molar-refractivity contribution in [3.63, 3.8) is 0 Å². The van der Waals surface area contributed by atoms with Gasteiger partial charge in [-0.05, 0) is 48.0 Å². The van der Waals surface area contributed by atoms with Gasteiger partial charge in [0.2, 0.25) is 11.6 Å². The predicted octanol–water partition coefficient (Wildman–Crippen LogP) is 6.69. The van der Waals surface area contributed by atoms with Crippen molar-refractivity contribution in [3.05, 3.63) is 99.7 Å². The number of alkyl halides is 3. The van der Waals surface area contributed by atoms with Gasteiger partial charge in [-0.15, -0.1) is 0 Å². The topological polar surface area (TPSA) is 73.8 Å². The number of fused-ring (bicyclic) bond motifs is 1. The Balaban J connectivity index is 1.70. The van der Waals surface area contributed by atoms with Crippen LogP contribution in [-0.4, -0.2) is 25.5 Å². The summed E-state index contributed by atoms with van der Waals surface area (Å²) in [5.74, 6) is -1.60. The molecule has 0 unspecified atom stereocenters. The van der Waals surface area contributed by atoms with Gasteiger partial charge in [0.15, 0.2) is 0 Å². The number of nitrogens with zero attached hydrogens (tertiary/aromatic N) is 4. The van der Waals surface area contributed by atoms with Crippen molar-refractivity contribution in [1.29, 1.82) is 0 Å². The lowest BCUT2D eigenvalue weighted by Gasteiger charge is -2.14. The Bertz CT molecular complexity index is 1550. The molecule has 0 spiro atoms. The molecular formula is C24H13Cl2F3N4O2. The van der Waals surface area contributed by atoms with E-state index >= 15 is 0 Å². The Kier molecular flexibility index (Phi) is 5.82. The fourth-order valence-electron chi connectivity index (χ4n) is 3.82. The van der Waals surface area contributed by atoms with Crippen molar-refractivity contribution >= 4 is 39.9 Å². The first-order valence-electron chi connectivity index (χ1n) is 10.1. The van der Waals surface area contributed by atoms with Crippen LogP contribution >= 0.6 is 23.2 Å². The van der Waals surface area contributed by atoms with Gasteiger partial charge in [0.25, 0.3) is 5.89 Å². The molecule has 0 amide bonds. The van der Waals surface area contributed by atoms with Crippen LogP contribution in [0.15, 0.2) is 71.5 Å². The zero-order valence-corrected chi connectivity index (χ0v) is 19.1. The van der Waals surface area contributed by atoms with E-state index in [1.165, 1.54) is 30.6 Å². The summed E-state index contributed by atoms with van der Waals surface area (Å²) in [7, 11) is 0. The van der Waals surface area contributed by atoms with Gasteiger partial charge in [-0.1, -0.05) is 40.5 Å². The second-order valence-electron chi connectivity index (χ2n) is 7.59. The van der Waals surface area contributed by atoms with Gasteiger partial charge in [0.1, 0.15) is 5.69 Å². The molecule has 11 heteroatoms. The van der Waals surface area contributed by atoms with Gasteiger partial charge in [0.05, 0.1) is 11.1 Å². The minimum absolute atomic E-state index is 0.0246. The Morgan fingerprint density at radius 3 is 2.46 bits per heavy atom. The van der Waals surface area contributed by atoms with Gasteiger partial charge in [-0.25, -0.2) is 0 Å². The van der Waals surface area contributed by atoms with Crippen LogP contribution in [0.1, 0.15) is 27.4 Å². The van der Waals surface area contributed by atoms with E-state index in [2.05, 4.69) is 15.1 Å². The van der Waals surface area contributed by atoms with Gasteiger partial charge >= 0.3 is 6.18 Å². The number of pyridine rings is 1. The average molecular weight is 517 g/mol. The van der Waals surface area contributed by atoms with Gasteiger partial charge in [-0.2, -0.15) is 18.2 Å². The third kappa shape index (κ3) is 4.40. The highest BCUT2D eigenvalue weighted by Gasteiger charge is 2.42. The number of carbonyl (C=O) groups is 1. The van der Waals surface area contributed by atoms with E-state index in [0.717, 1.165) is 4.57 Å². The number of aromatic nitrogens is 4. The molecule has 3 heterocycles. The Hall–Kier alpha value is -3.69. The molecule has 3 aromatic heterocycles. The molecule has 0 aliphatic heterocycles. The molecule has 6 nitrogen and oxygen atoms in total. The van der Waals surface area contributed by atoms with E-state index in [-0.39, 0.29) is 28.4 Å². The lowest BCUT2D eigenvalue weighted by Crippen LogP contribution is -2.19. The van der Waals surface area contributed by atoms with E-state index in [1.54, 1.807) is 36.4 Å². The van der Waals surface area contributed by atoms with Crippen molar-refractivity contribution in [2.75, 3.05) is 0 Å². The Morgan fingerprint density at radius 1 is 1.03 bits per heavy atom. The summed E-state index contributed by atoms with van der Waals surface area (Å²) < 4.78 is 49.5. The molecule has 0 aliphatic carbocycles. The number of halogens is 5. The SMILES string of the molecule is O=C(c1noc(-c2cccnc2)n1)c1c(C(F)(F)F)n(Cc2ccc(Cl)cc2)c2ccc(Cl)cc12. The molecule has 0 saturated carbocycles. The highest BCUT2D eigenvalue weighted by atomic mass is 35.5. The first-order valence-corrected chi connectivity index (χ1v) is 10.9. The number of carbonyl (C=O) groups excluding carboxylic acids is 1. The molecule has 0 radical (unpaired) electrons. The monoisotopic (exact) mass is 516 g/mol. The summed E-state index contributed by atoms with van der Waals surface area (Å²) in [6.07, 6.45) is -1.92. The van der Waals surface area contributed by atoms with E-state index in [1.807, 2.05) is 0 Å². The maximum Gasteiger partial charge on any atom is 0.432 e. The summed E-state index contributed by atoms with van der Waals surface area (Å²) in [5, 5.41) is 4.29. The molecule has 0 aliphatic rings. The average Bonchev–Trinajstić information content (AvgIpc) is 3.44. The lowest BCUT2D eigenvalue weighted by atomic mass is 10.1. The molecule has 5 aromatic rings. The largest absolute Gasteiger partial charge is 0.432 e. The van der Waals surface area contributed by atoms with Crippen LogP contribution in [0, 0.1) is 0 Å². The third-order valence-corrected chi connectivity index (χ3v) is 5.80. The maximum absolute atomic E-state index is 14.5. The standard InChI is InChI=1S/C24H13Cl2F3N4O2/c25-15-5-3-13(4-6-15)12-33-18-8-7-16(26)10-17(18)19(21(33)24(27,28)29)20(34)22-31-23(35-32-22)14-2-1-9-30-11-14/h1-11H,12H2. The normalized spacial score (nSPS) is 11.8. The van der Waals surface area contributed by atoms with Gasteiger partial charge in [0, 0.05) is 39.9 Å². The van der Waals surface area contributed by atoms with Gasteiger partial charge in [-0.3, -0.25) is 9.78 Å². The smallest absolute Gasteiger partial charge is 0.333 e. The van der Waals surface area contributed by atoms with Crippen LogP contribution in [0.25, 0.3) is 22.4 Å². The van der Waals surface area contributed by atoms with Crippen LogP contribution < -0.4 is 0 Å². The van der Waals surface area contributed by atoms with Crippen LogP contribution in [-0.2, 0) is 12.7 Å². The fraction of sp³-hybridized carbons (Fsp3) is 0.0833. The van der Waals surface area contributed by atoms with E-state index in [4.69, 9.17) is 27.7 Å². The van der Waals surface area contributed by atoms with Crippen LogP contribution in [0.5, 0.6) is 0 Å². The summed E-state index contributed by atoms with van der Waals surface area (Å²) in [5.41, 5.74) is -0.589. The van der Waals surface area contributed by atoms with Crippen molar-refractivity contribution in [1.82, 2.24) is 19.7 Å². The van der Waals surface area contributed by atoms with Crippen molar-refractivity contribution in [3.8, 4) is 11.5 Å². The molecule has 0 bridgehead atoms. The second-order valence-corrected chi connectivity index (χ2v) is 8.46. The van der Waals surface area contributed by atoms with Crippen LogP contribution in [0.2, 0.25) is 10.0 Å². The molecule has 35 heavy (non-hydrogen) atoms. The minimum Gasteiger partial charge on any atom is -0.333 e. The Morgan fingerprint density at radius 2 is 1.77 bits per heavy atom. The molecule has 2 aromatic carbocycles. The second kappa shape index (κ2) is 8.83. The predicted molar refractivity (Wildman–Crippen MR) is 123 cm³/mol. The summed E-state index contributed by atoms with van der Waals surface area (Å²) in [6, 6.07) is 13.9. The highest BCUT2D eigenvalue weighted by Crippen LogP contribution is 2.40. The molecule has 176 valence electrons. The van der Waals surface area contributed by atoms with Crippen LogP contribution in [0.3, 0.4) is 0 Å². The first-order chi connectivity index (χ1) is 16.7. The quantitative estimate of drug-likeness (QED) is 0.243. The molecule has 0 fully saturated rings. The number of hydrogen-bond donors (Lipinski definition) is 0. The number of ketones is 1. The molecule has 0 atom stereocenters. The fourth-order valence-corrected chi connectivity index (χ4v) is 4.12. The molecule has 0 saturated heterocycles. The summed E-state index contributed by atoms with van der Waals surface area (Å²) >= 11 is 12.0. The summed E-state index contributed by atoms with van der Waals surface area (Å²) in [6.45, 7) is -0.162. The highest BCUT2D eigenvalue weighted by molar-refractivity contribution is 6.32. The zero-order valence-electron chi connectivity index (χ0n) is 17.6. The van der Waals surface area contributed by atoms with E-state index < -0.39 is 29.0 Å². The lowest BCUT2D eigenvalue weighted by molar-refractivity contribution is -0.143. The van der Waals surface area contributed by atoms with E-state index in [9.17, 15) is 18.0 Å². The third-order valence-electron chi connectivity index (χ3n) is 5.31. The molecule has 0 N–H and O–H groups in total. The van der Waals surface area contributed by atoms with Crippen molar-refractivity contribution in [2.24, 2.45) is 0 Å². The van der Waals surface area contributed by atoms with Crippen molar-refractivity contribution in [2.45, 2.75) is 12.7 Å². The molecular weight excluding hydrogens is 504 g/mol. The van der Waals surface area contributed by atoms with Crippen molar-refractivity contribution < 1.29 is 22.5 Å². The maximum atomic E-state index is 14.5. The van der Waals surface area contributed by atoms with Gasteiger partial charge < -0.3 is 9.09 Å². The number of rotatable bonds is 5. The van der Waals surface area contributed by atoms with Crippen LogP contribution in [0.4, 0.5) is 13.2 Å². The van der Waals surface area contributed by atoms with E-state index in [0.29, 0.717) is 16.1 Å². The number of benzene rings is 2. The minimum atomic E-state index is -4.88. The first kappa shape index (κ1) is 23.1. The zero-order chi connectivity index (χ0) is 24.7.